The summed E-state index contributed by atoms with van der Waals surface area (Å²) in [6.07, 6.45) is 0.500. The molecule has 1 rings (SSSR count). The highest BCUT2D eigenvalue weighted by molar-refractivity contribution is 5.87. The SMILES string of the molecule is NC=O.NC=O.O=C(O)c1ccccc1. The van der Waals surface area contributed by atoms with Gasteiger partial charge in [-0.05, 0) is 12.1 Å². The summed E-state index contributed by atoms with van der Waals surface area (Å²) in [6, 6.07) is 8.30. The molecule has 2 amide bonds. The van der Waals surface area contributed by atoms with Crippen LogP contribution >= 0.6 is 0 Å². The lowest BCUT2D eigenvalue weighted by molar-refractivity contribution is -0.107. The van der Waals surface area contributed by atoms with Crippen LogP contribution < -0.4 is 11.5 Å². The fourth-order valence-electron chi connectivity index (χ4n) is 0.581. The zero-order chi connectivity index (χ0) is 12.1. The molecular formula is C9H12N2O4. The van der Waals surface area contributed by atoms with Crippen molar-refractivity contribution >= 4 is 18.8 Å². The molecule has 0 aliphatic carbocycles. The van der Waals surface area contributed by atoms with Gasteiger partial charge < -0.3 is 16.6 Å². The van der Waals surface area contributed by atoms with Crippen LogP contribution in [0.25, 0.3) is 0 Å². The smallest absolute Gasteiger partial charge is 0.335 e. The number of carboxylic acid groups (broad SMARTS) is 1. The molecule has 15 heavy (non-hydrogen) atoms. The van der Waals surface area contributed by atoms with Crippen LogP contribution in [0.3, 0.4) is 0 Å². The second-order valence-corrected chi connectivity index (χ2v) is 1.94. The molecule has 0 saturated carbocycles. The van der Waals surface area contributed by atoms with Crippen molar-refractivity contribution in [2.75, 3.05) is 0 Å². The van der Waals surface area contributed by atoms with E-state index >= 15 is 0 Å². The van der Waals surface area contributed by atoms with Crippen LogP contribution in [-0.2, 0) is 9.59 Å². The number of primary amides is 2. The number of aromatic carboxylic acids is 1. The Kier molecular flexibility index (Phi) is 11.7. The van der Waals surface area contributed by atoms with Gasteiger partial charge in [0.25, 0.3) is 0 Å². The lowest BCUT2D eigenvalue weighted by Crippen LogP contribution is -1.93. The van der Waals surface area contributed by atoms with E-state index in [1.54, 1.807) is 30.3 Å². The molecule has 0 aromatic heterocycles. The van der Waals surface area contributed by atoms with E-state index in [2.05, 4.69) is 11.5 Å². The third-order valence-electron chi connectivity index (χ3n) is 1.02. The highest BCUT2D eigenvalue weighted by Crippen LogP contribution is 1.96. The van der Waals surface area contributed by atoms with E-state index in [4.69, 9.17) is 14.7 Å². The van der Waals surface area contributed by atoms with Crippen molar-refractivity contribution in [1.82, 2.24) is 0 Å². The minimum absolute atomic E-state index is 0.250. The van der Waals surface area contributed by atoms with E-state index < -0.39 is 5.97 Å². The molecule has 0 unspecified atom stereocenters. The highest BCUT2D eigenvalue weighted by atomic mass is 16.4. The number of carbonyl (C=O) groups excluding carboxylic acids is 2. The van der Waals surface area contributed by atoms with Gasteiger partial charge in [0.05, 0.1) is 5.56 Å². The molecule has 0 heterocycles. The Hall–Kier alpha value is -2.37. The Morgan fingerprint density at radius 2 is 1.40 bits per heavy atom. The fraction of sp³-hybridized carbons (Fsp3) is 0. The van der Waals surface area contributed by atoms with Crippen molar-refractivity contribution in [1.29, 1.82) is 0 Å². The minimum Gasteiger partial charge on any atom is -0.478 e. The number of nitrogens with two attached hydrogens (primary N) is 2. The average Bonchev–Trinajstić information content (AvgIpc) is 2.21. The highest BCUT2D eigenvalue weighted by Gasteiger charge is 1.96. The van der Waals surface area contributed by atoms with Crippen molar-refractivity contribution in [3.63, 3.8) is 0 Å². The van der Waals surface area contributed by atoms with Crippen molar-refractivity contribution in [3.8, 4) is 0 Å². The predicted molar refractivity (Wildman–Crippen MR) is 53.9 cm³/mol. The second kappa shape index (κ2) is 11.6. The van der Waals surface area contributed by atoms with Gasteiger partial charge >= 0.3 is 5.97 Å². The lowest BCUT2D eigenvalue weighted by Gasteiger charge is -1.88. The molecule has 0 bridgehead atoms. The van der Waals surface area contributed by atoms with Gasteiger partial charge in [-0.3, -0.25) is 9.59 Å². The third kappa shape index (κ3) is 11.6. The number of amides is 2. The molecule has 6 nitrogen and oxygen atoms in total. The molecule has 6 heteroatoms. The maximum atomic E-state index is 10.2. The zero-order valence-electron chi connectivity index (χ0n) is 7.87. The van der Waals surface area contributed by atoms with Crippen LogP contribution in [0.1, 0.15) is 10.4 Å². The van der Waals surface area contributed by atoms with E-state index in [1.807, 2.05) is 0 Å². The topological polar surface area (TPSA) is 123 Å². The lowest BCUT2D eigenvalue weighted by atomic mass is 10.2. The Labute approximate surface area is 86.5 Å². The van der Waals surface area contributed by atoms with E-state index in [-0.39, 0.29) is 12.8 Å². The Balaban J connectivity index is 0. The third-order valence-corrected chi connectivity index (χ3v) is 1.02. The summed E-state index contributed by atoms with van der Waals surface area (Å²) >= 11 is 0. The number of hydrogen-bond donors (Lipinski definition) is 3. The predicted octanol–water partition coefficient (Wildman–Crippen LogP) is -0.412. The van der Waals surface area contributed by atoms with E-state index in [1.165, 1.54) is 0 Å². The summed E-state index contributed by atoms with van der Waals surface area (Å²) < 4.78 is 0. The van der Waals surface area contributed by atoms with Gasteiger partial charge in [0.2, 0.25) is 12.8 Å². The maximum absolute atomic E-state index is 10.2. The number of carbonyl (C=O) groups is 3. The number of benzene rings is 1. The molecule has 0 saturated heterocycles. The Bertz CT molecular complexity index is 281. The average molecular weight is 212 g/mol. The number of rotatable bonds is 1. The molecule has 1 aromatic rings. The van der Waals surface area contributed by atoms with E-state index in [0.29, 0.717) is 5.56 Å². The molecule has 82 valence electrons. The van der Waals surface area contributed by atoms with E-state index in [9.17, 15) is 4.79 Å². The summed E-state index contributed by atoms with van der Waals surface area (Å²) in [5.41, 5.74) is 8.66. The second-order valence-electron chi connectivity index (χ2n) is 1.94. The van der Waals surface area contributed by atoms with Gasteiger partial charge in [0, 0.05) is 0 Å². The fourth-order valence-corrected chi connectivity index (χ4v) is 0.581. The van der Waals surface area contributed by atoms with E-state index in [0.717, 1.165) is 0 Å². The number of carboxylic acids is 1. The standard InChI is InChI=1S/C7H6O2.2CH3NO/c8-7(9)6-4-2-1-3-5-6;2*2-1-3/h1-5H,(H,8,9);2*1H,(H2,2,3). The molecule has 0 atom stereocenters. The largest absolute Gasteiger partial charge is 0.478 e. The van der Waals surface area contributed by atoms with Gasteiger partial charge in [-0.15, -0.1) is 0 Å². The molecule has 0 aliphatic rings. The normalized spacial score (nSPS) is 6.93. The van der Waals surface area contributed by atoms with Gasteiger partial charge in [0.15, 0.2) is 0 Å². The quantitative estimate of drug-likeness (QED) is 0.547. The summed E-state index contributed by atoms with van der Waals surface area (Å²) in [5.74, 6) is -0.879. The van der Waals surface area contributed by atoms with Crippen molar-refractivity contribution in [2.24, 2.45) is 11.5 Å². The maximum Gasteiger partial charge on any atom is 0.335 e. The van der Waals surface area contributed by atoms with Crippen molar-refractivity contribution in [3.05, 3.63) is 35.9 Å². The van der Waals surface area contributed by atoms with Crippen LogP contribution in [0.2, 0.25) is 0 Å². The van der Waals surface area contributed by atoms with Gasteiger partial charge in [-0.2, -0.15) is 0 Å². The summed E-state index contributed by atoms with van der Waals surface area (Å²) in [7, 11) is 0. The molecule has 5 N–H and O–H groups in total. The first kappa shape index (κ1) is 15.1. The first-order valence-corrected chi connectivity index (χ1v) is 3.73. The van der Waals surface area contributed by atoms with Crippen LogP contribution in [0, 0.1) is 0 Å². The summed E-state index contributed by atoms with van der Waals surface area (Å²) in [6.45, 7) is 0. The van der Waals surface area contributed by atoms with Crippen LogP contribution in [-0.4, -0.2) is 23.9 Å². The van der Waals surface area contributed by atoms with Crippen molar-refractivity contribution in [2.45, 2.75) is 0 Å². The molecule has 1 aromatic carbocycles. The molecular weight excluding hydrogens is 200 g/mol. The number of hydrogen-bond acceptors (Lipinski definition) is 3. The van der Waals surface area contributed by atoms with Gasteiger partial charge in [-0.25, -0.2) is 4.79 Å². The summed E-state index contributed by atoms with van der Waals surface area (Å²) in [4.78, 5) is 27.4. The molecule has 0 radical (unpaired) electrons. The first-order valence-electron chi connectivity index (χ1n) is 3.73. The van der Waals surface area contributed by atoms with Crippen LogP contribution in [0.5, 0.6) is 0 Å². The molecule has 0 fully saturated rings. The Morgan fingerprint density at radius 3 is 1.60 bits per heavy atom. The summed E-state index contributed by atoms with van der Waals surface area (Å²) in [5, 5.41) is 8.38. The zero-order valence-corrected chi connectivity index (χ0v) is 7.87. The van der Waals surface area contributed by atoms with Crippen molar-refractivity contribution < 1.29 is 19.5 Å². The van der Waals surface area contributed by atoms with Gasteiger partial charge in [-0.1, -0.05) is 18.2 Å². The van der Waals surface area contributed by atoms with Gasteiger partial charge in [0.1, 0.15) is 0 Å². The Morgan fingerprint density at radius 1 is 1.07 bits per heavy atom. The van der Waals surface area contributed by atoms with Crippen LogP contribution in [0.15, 0.2) is 30.3 Å². The first-order chi connectivity index (χ1) is 7.13. The molecule has 0 spiro atoms. The van der Waals surface area contributed by atoms with Crippen LogP contribution in [0.4, 0.5) is 0 Å². The monoisotopic (exact) mass is 212 g/mol. The molecule has 0 aliphatic heterocycles. The minimum atomic E-state index is -0.879.